The first-order valence-electron chi connectivity index (χ1n) is 11.5. The molecule has 1 heterocycles. The second kappa shape index (κ2) is 15.5. The SMILES string of the molecule is CCCCCCCC(=O)OCCOCCOCCOCCN1C(=O)c2ccccc2C1=O. The topological polar surface area (TPSA) is 91.4 Å². The van der Waals surface area contributed by atoms with E-state index >= 15 is 0 Å². The third kappa shape index (κ3) is 9.06. The molecule has 0 bridgehead atoms. The van der Waals surface area contributed by atoms with E-state index in [1.807, 2.05) is 0 Å². The minimum Gasteiger partial charge on any atom is -0.463 e. The van der Waals surface area contributed by atoms with Crippen LogP contribution in [0.3, 0.4) is 0 Å². The minimum absolute atomic E-state index is 0.167. The highest BCUT2D eigenvalue weighted by Crippen LogP contribution is 2.21. The number of hydrogen-bond donors (Lipinski definition) is 0. The van der Waals surface area contributed by atoms with Crippen LogP contribution < -0.4 is 0 Å². The first-order chi connectivity index (χ1) is 15.6. The fraction of sp³-hybridized carbons (Fsp3) is 0.625. The number of hydrogen-bond acceptors (Lipinski definition) is 7. The van der Waals surface area contributed by atoms with Crippen LogP contribution >= 0.6 is 0 Å². The van der Waals surface area contributed by atoms with Crippen molar-refractivity contribution >= 4 is 17.8 Å². The number of rotatable bonds is 18. The lowest BCUT2D eigenvalue weighted by Gasteiger charge is -2.13. The van der Waals surface area contributed by atoms with Crippen LogP contribution in [0, 0.1) is 0 Å². The van der Waals surface area contributed by atoms with E-state index in [2.05, 4.69) is 6.92 Å². The highest BCUT2D eigenvalue weighted by molar-refractivity contribution is 6.21. The van der Waals surface area contributed by atoms with Crippen molar-refractivity contribution in [2.75, 3.05) is 52.8 Å². The van der Waals surface area contributed by atoms with Gasteiger partial charge in [0.05, 0.1) is 57.3 Å². The molecule has 1 aliphatic heterocycles. The Bertz CT molecular complexity index is 687. The number of amides is 2. The second-order valence-electron chi connectivity index (χ2n) is 7.53. The van der Waals surface area contributed by atoms with Crippen LogP contribution in [0.5, 0.6) is 0 Å². The lowest BCUT2D eigenvalue weighted by molar-refractivity contribution is -0.145. The Morgan fingerprint density at radius 2 is 1.28 bits per heavy atom. The number of carbonyl (C=O) groups is 3. The van der Waals surface area contributed by atoms with Crippen molar-refractivity contribution in [2.24, 2.45) is 0 Å². The maximum atomic E-state index is 12.2. The Balaban J connectivity index is 1.36. The Kier molecular flexibility index (Phi) is 12.6. The first-order valence-corrected chi connectivity index (χ1v) is 11.5. The smallest absolute Gasteiger partial charge is 0.305 e. The Labute approximate surface area is 190 Å². The van der Waals surface area contributed by atoms with Crippen LogP contribution in [0.4, 0.5) is 0 Å². The standard InChI is InChI=1S/C24H35NO7/c1-2-3-4-5-6-11-22(26)32-19-18-31-17-16-30-15-14-29-13-12-25-23(27)20-9-7-8-10-21(20)24(25)28/h7-10H,2-6,11-19H2,1H3. The number of unbranched alkanes of at least 4 members (excludes halogenated alkanes) is 4. The van der Waals surface area contributed by atoms with Gasteiger partial charge in [0.2, 0.25) is 0 Å². The van der Waals surface area contributed by atoms with Gasteiger partial charge in [-0.05, 0) is 18.6 Å². The molecule has 178 valence electrons. The number of esters is 1. The van der Waals surface area contributed by atoms with Crippen molar-refractivity contribution < 1.29 is 33.3 Å². The molecule has 0 saturated carbocycles. The molecular formula is C24H35NO7. The maximum absolute atomic E-state index is 12.2. The average molecular weight is 450 g/mol. The number of imide groups is 1. The molecule has 1 aliphatic rings. The fourth-order valence-corrected chi connectivity index (χ4v) is 3.30. The summed E-state index contributed by atoms with van der Waals surface area (Å²) in [6.45, 7) is 4.81. The van der Waals surface area contributed by atoms with Gasteiger partial charge in [-0.3, -0.25) is 19.3 Å². The molecule has 1 aromatic carbocycles. The van der Waals surface area contributed by atoms with Crippen molar-refractivity contribution in [1.82, 2.24) is 4.90 Å². The van der Waals surface area contributed by atoms with Gasteiger partial charge in [0, 0.05) is 6.42 Å². The van der Waals surface area contributed by atoms with Crippen LogP contribution in [0.1, 0.15) is 66.2 Å². The Morgan fingerprint density at radius 3 is 1.88 bits per heavy atom. The molecule has 8 nitrogen and oxygen atoms in total. The molecule has 0 aromatic heterocycles. The second-order valence-corrected chi connectivity index (χ2v) is 7.53. The van der Waals surface area contributed by atoms with Gasteiger partial charge in [-0.25, -0.2) is 0 Å². The third-order valence-corrected chi connectivity index (χ3v) is 5.06. The molecule has 0 aliphatic carbocycles. The largest absolute Gasteiger partial charge is 0.463 e. The predicted octanol–water partition coefficient (Wildman–Crippen LogP) is 3.24. The number of nitrogens with zero attached hydrogens (tertiary/aromatic N) is 1. The van der Waals surface area contributed by atoms with Crippen LogP contribution in [0.15, 0.2) is 24.3 Å². The molecule has 0 radical (unpaired) electrons. The molecule has 0 N–H and O–H groups in total. The van der Waals surface area contributed by atoms with Crippen LogP contribution in [-0.2, 0) is 23.7 Å². The van der Waals surface area contributed by atoms with Crippen molar-refractivity contribution in [3.05, 3.63) is 35.4 Å². The van der Waals surface area contributed by atoms with E-state index in [-0.39, 0.29) is 37.5 Å². The summed E-state index contributed by atoms with van der Waals surface area (Å²) in [6, 6.07) is 6.81. The van der Waals surface area contributed by atoms with E-state index in [0.29, 0.717) is 50.6 Å². The van der Waals surface area contributed by atoms with Gasteiger partial charge in [-0.15, -0.1) is 0 Å². The summed E-state index contributed by atoms with van der Waals surface area (Å²) in [5, 5.41) is 0. The quantitative estimate of drug-likeness (QED) is 0.193. The van der Waals surface area contributed by atoms with Crippen molar-refractivity contribution in [3.63, 3.8) is 0 Å². The lowest BCUT2D eigenvalue weighted by Crippen LogP contribution is -2.33. The molecule has 32 heavy (non-hydrogen) atoms. The molecular weight excluding hydrogens is 414 g/mol. The van der Waals surface area contributed by atoms with Crippen molar-refractivity contribution in [1.29, 1.82) is 0 Å². The zero-order valence-corrected chi connectivity index (χ0v) is 19.0. The minimum atomic E-state index is -0.278. The average Bonchev–Trinajstić information content (AvgIpc) is 3.04. The number of benzene rings is 1. The lowest BCUT2D eigenvalue weighted by atomic mass is 10.1. The highest BCUT2D eigenvalue weighted by atomic mass is 16.6. The van der Waals surface area contributed by atoms with E-state index in [4.69, 9.17) is 18.9 Å². The van der Waals surface area contributed by atoms with E-state index in [1.165, 1.54) is 24.2 Å². The summed E-state index contributed by atoms with van der Waals surface area (Å²) < 4.78 is 21.3. The van der Waals surface area contributed by atoms with Crippen LogP contribution in [0.25, 0.3) is 0 Å². The molecule has 1 aromatic rings. The first kappa shape index (κ1) is 26.0. The maximum Gasteiger partial charge on any atom is 0.305 e. The van der Waals surface area contributed by atoms with Crippen molar-refractivity contribution in [2.45, 2.75) is 45.4 Å². The molecule has 0 saturated heterocycles. The van der Waals surface area contributed by atoms with Crippen molar-refractivity contribution in [3.8, 4) is 0 Å². The number of ether oxygens (including phenoxy) is 4. The molecule has 0 fully saturated rings. The molecule has 0 atom stereocenters. The zero-order valence-electron chi connectivity index (χ0n) is 19.0. The van der Waals surface area contributed by atoms with Gasteiger partial charge in [-0.1, -0.05) is 44.7 Å². The molecule has 8 heteroatoms. The van der Waals surface area contributed by atoms with Gasteiger partial charge in [-0.2, -0.15) is 0 Å². The van der Waals surface area contributed by atoms with Gasteiger partial charge in [0.1, 0.15) is 6.61 Å². The van der Waals surface area contributed by atoms with Gasteiger partial charge >= 0.3 is 5.97 Å². The van der Waals surface area contributed by atoms with Crippen LogP contribution in [-0.4, -0.2) is 75.5 Å². The van der Waals surface area contributed by atoms with Gasteiger partial charge in [0.15, 0.2) is 0 Å². The summed E-state index contributed by atoms with van der Waals surface area (Å²) >= 11 is 0. The monoisotopic (exact) mass is 449 g/mol. The van der Waals surface area contributed by atoms with Gasteiger partial charge < -0.3 is 18.9 Å². The summed E-state index contributed by atoms with van der Waals surface area (Å²) in [5.41, 5.74) is 0.885. The number of fused-ring (bicyclic) bond motifs is 1. The summed E-state index contributed by atoms with van der Waals surface area (Å²) in [6.07, 6.45) is 6.01. The molecule has 0 unspecified atom stereocenters. The third-order valence-electron chi connectivity index (χ3n) is 5.06. The Hall–Kier alpha value is -2.29. The van der Waals surface area contributed by atoms with Crippen LogP contribution in [0.2, 0.25) is 0 Å². The zero-order chi connectivity index (χ0) is 23.0. The normalized spacial score (nSPS) is 13.0. The van der Waals surface area contributed by atoms with E-state index < -0.39 is 0 Å². The molecule has 2 rings (SSSR count). The number of carbonyl (C=O) groups excluding carboxylic acids is 3. The van der Waals surface area contributed by atoms with E-state index in [0.717, 1.165) is 12.8 Å². The summed E-state index contributed by atoms with van der Waals surface area (Å²) in [5.74, 6) is -0.722. The molecule has 0 spiro atoms. The predicted molar refractivity (Wildman–Crippen MR) is 119 cm³/mol. The summed E-state index contributed by atoms with van der Waals surface area (Å²) in [7, 11) is 0. The highest BCUT2D eigenvalue weighted by Gasteiger charge is 2.34. The van der Waals surface area contributed by atoms with E-state index in [9.17, 15) is 14.4 Å². The fourth-order valence-electron chi connectivity index (χ4n) is 3.30. The van der Waals surface area contributed by atoms with E-state index in [1.54, 1.807) is 24.3 Å². The Morgan fingerprint density at radius 1 is 0.750 bits per heavy atom. The molecule has 2 amide bonds. The summed E-state index contributed by atoms with van der Waals surface area (Å²) in [4.78, 5) is 37.2. The van der Waals surface area contributed by atoms with Gasteiger partial charge in [0.25, 0.3) is 11.8 Å².